The van der Waals surface area contributed by atoms with Crippen LogP contribution in [0, 0.1) is 13.8 Å². The number of nitrogens with zero attached hydrogens (tertiary/aromatic N) is 2. The van der Waals surface area contributed by atoms with Crippen LogP contribution in [0.3, 0.4) is 0 Å². The summed E-state index contributed by atoms with van der Waals surface area (Å²) in [4.78, 5) is 12.0. The minimum absolute atomic E-state index is 0.263. The molecule has 0 aliphatic rings. The van der Waals surface area contributed by atoms with Crippen LogP contribution in [0.1, 0.15) is 28.1 Å². The van der Waals surface area contributed by atoms with Crippen molar-refractivity contribution in [1.29, 1.82) is 0 Å². The highest BCUT2D eigenvalue weighted by Crippen LogP contribution is 2.18. The Morgan fingerprint density at radius 2 is 1.79 bits per heavy atom. The molecular formula is C23H24N4OS. The average Bonchev–Trinajstić information content (AvgIpc) is 2.94. The average molecular weight is 405 g/mol. The van der Waals surface area contributed by atoms with E-state index < -0.39 is 0 Å². The number of aromatic nitrogens is 2. The minimum Gasteiger partial charge on any atom is -0.332 e. The fourth-order valence-corrected chi connectivity index (χ4v) is 3.25. The minimum atomic E-state index is -0.273. The molecule has 6 heteroatoms. The lowest BCUT2D eigenvalue weighted by atomic mass is 10.0. The SMILES string of the molecule is Cc1nn(C)c(C)c1Cc1ccc(NC(=S)NC(=O)/C=C/c2ccccc2)cc1. The molecule has 0 saturated heterocycles. The molecule has 0 unspecified atom stereocenters. The van der Waals surface area contributed by atoms with Crippen LogP contribution in [-0.4, -0.2) is 20.8 Å². The summed E-state index contributed by atoms with van der Waals surface area (Å²) in [6.07, 6.45) is 4.04. The Bertz CT molecular complexity index is 1040. The molecule has 2 N–H and O–H groups in total. The molecule has 0 atom stereocenters. The fourth-order valence-electron chi connectivity index (χ4n) is 3.04. The summed E-state index contributed by atoms with van der Waals surface area (Å²) in [6.45, 7) is 4.12. The predicted molar refractivity (Wildman–Crippen MR) is 122 cm³/mol. The van der Waals surface area contributed by atoms with Crippen molar-refractivity contribution in [2.45, 2.75) is 20.3 Å². The van der Waals surface area contributed by atoms with Gasteiger partial charge in [-0.25, -0.2) is 0 Å². The van der Waals surface area contributed by atoms with E-state index in [2.05, 4.69) is 22.7 Å². The maximum absolute atomic E-state index is 12.0. The van der Waals surface area contributed by atoms with Crippen molar-refractivity contribution in [2.24, 2.45) is 7.05 Å². The zero-order chi connectivity index (χ0) is 20.8. The Balaban J connectivity index is 1.54. The van der Waals surface area contributed by atoms with Crippen LogP contribution in [0.25, 0.3) is 6.08 Å². The monoisotopic (exact) mass is 404 g/mol. The molecule has 0 radical (unpaired) electrons. The van der Waals surface area contributed by atoms with E-state index in [1.54, 1.807) is 6.08 Å². The summed E-state index contributed by atoms with van der Waals surface area (Å²) in [5.74, 6) is -0.273. The Hall–Kier alpha value is -3.25. The summed E-state index contributed by atoms with van der Waals surface area (Å²) in [7, 11) is 1.96. The van der Waals surface area contributed by atoms with Gasteiger partial charge in [0.15, 0.2) is 5.11 Å². The van der Waals surface area contributed by atoms with Gasteiger partial charge in [0.25, 0.3) is 0 Å². The number of carbonyl (C=O) groups is 1. The van der Waals surface area contributed by atoms with Gasteiger partial charge in [-0.1, -0.05) is 42.5 Å². The van der Waals surface area contributed by atoms with Gasteiger partial charge in [-0.05, 0) is 55.4 Å². The third-order valence-electron chi connectivity index (χ3n) is 4.72. The van der Waals surface area contributed by atoms with Gasteiger partial charge in [0.2, 0.25) is 5.91 Å². The second-order valence-corrected chi connectivity index (χ2v) is 7.24. The van der Waals surface area contributed by atoms with Gasteiger partial charge in [0.1, 0.15) is 0 Å². The van der Waals surface area contributed by atoms with Gasteiger partial charge in [-0.2, -0.15) is 5.10 Å². The first-order valence-corrected chi connectivity index (χ1v) is 9.76. The van der Waals surface area contributed by atoms with E-state index >= 15 is 0 Å². The number of anilines is 1. The topological polar surface area (TPSA) is 59.0 Å². The molecule has 148 valence electrons. The molecule has 3 aromatic rings. The van der Waals surface area contributed by atoms with E-state index in [1.807, 2.05) is 73.3 Å². The number of carbonyl (C=O) groups excluding carboxylic acids is 1. The maximum Gasteiger partial charge on any atom is 0.250 e. The Kier molecular flexibility index (Phi) is 6.57. The predicted octanol–water partition coefficient (Wildman–Crippen LogP) is 4.15. The van der Waals surface area contributed by atoms with Gasteiger partial charge < -0.3 is 5.32 Å². The zero-order valence-electron chi connectivity index (χ0n) is 16.8. The number of amides is 1. The van der Waals surface area contributed by atoms with Gasteiger partial charge in [0, 0.05) is 36.5 Å². The third-order valence-corrected chi connectivity index (χ3v) is 4.92. The van der Waals surface area contributed by atoms with Crippen molar-refractivity contribution in [2.75, 3.05) is 5.32 Å². The summed E-state index contributed by atoms with van der Waals surface area (Å²) >= 11 is 5.23. The molecule has 0 saturated carbocycles. The molecule has 3 rings (SSSR count). The van der Waals surface area contributed by atoms with Crippen LogP contribution in [-0.2, 0) is 18.3 Å². The molecular weight excluding hydrogens is 380 g/mol. The van der Waals surface area contributed by atoms with Gasteiger partial charge >= 0.3 is 0 Å². The fraction of sp³-hybridized carbons (Fsp3) is 0.174. The zero-order valence-corrected chi connectivity index (χ0v) is 17.6. The van der Waals surface area contributed by atoms with Gasteiger partial charge in [-0.15, -0.1) is 0 Å². The number of benzene rings is 2. The number of hydrogen-bond donors (Lipinski definition) is 2. The summed E-state index contributed by atoms with van der Waals surface area (Å²) < 4.78 is 1.91. The molecule has 0 spiro atoms. The molecule has 0 aliphatic carbocycles. The molecule has 1 amide bonds. The summed E-state index contributed by atoms with van der Waals surface area (Å²) in [5.41, 5.74) is 6.45. The number of nitrogens with one attached hydrogen (secondary N) is 2. The highest BCUT2D eigenvalue weighted by atomic mass is 32.1. The lowest BCUT2D eigenvalue weighted by molar-refractivity contribution is -0.115. The van der Waals surface area contributed by atoms with Crippen LogP contribution in [0.15, 0.2) is 60.7 Å². The quantitative estimate of drug-likeness (QED) is 0.495. The number of rotatable bonds is 5. The van der Waals surface area contributed by atoms with Gasteiger partial charge in [-0.3, -0.25) is 14.8 Å². The van der Waals surface area contributed by atoms with Crippen molar-refractivity contribution in [3.63, 3.8) is 0 Å². The Morgan fingerprint density at radius 1 is 1.10 bits per heavy atom. The maximum atomic E-state index is 12.0. The van der Waals surface area contributed by atoms with Gasteiger partial charge in [0.05, 0.1) is 5.69 Å². The van der Waals surface area contributed by atoms with Crippen LogP contribution >= 0.6 is 12.2 Å². The van der Waals surface area contributed by atoms with Crippen molar-refractivity contribution in [1.82, 2.24) is 15.1 Å². The normalized spacial score (nSPS) is 10.9. The Labute approximate surface area is 176 Å². The van der Waals surface area contributed by atoms with E-state index in [0.717, 1.165) is 23.4 Å². The van der Waals surface area contributed by atoms with E-state index in [1.165, 1.54) is 22.9 Å². The van der Waals surface area contributed by atoms with Crippen LogP contribution in [0.2, 0.25) is 0 Å². The van der Waals surface area contributed by atoms with Crippen LogP contribution in [0.4, 0.5) is 5.69 Å². The first kappa shape index (κ1) is 20.5. The van der Waals surface area contributed by atoms with Crippen LogP contribution < -0.4 is 10.6 Å². The third kappa shape index (κ3) is 5.62. The van der Waals surface area contributed by atoms with E-state index in [4.69, 9.17) is 12.2 Å². The van der Waals surface area contributed by atoms with Crippen LogP contribution in [0.5, 0.6) is 0 Å². The number of hydrogen-bond acceptors (Lipinski definition) is 3. The smallest absolute Gasteiger partial charge is 0.250 e. The molecule has 0 aliphatic heterocycles. The lowest BCUT2D eigenvalue weighted by Crippen LogP contribution is -2.32. The molecule has 1 heterocycles. The van der Waals surface area contributed by atoms with E-state index in [9.17, 15) is 4.79 Å². The number of thiocarbonyl (C=S) groups is 1. The van der Waals surface area contributed by atoms with E-state index in [-0.39, 0.29) is 11.0 Å². The summed E-state index contributed by atoms with van der Waals surface area (Å²) in [6, 6.07) is 17.6. The second kappa shape index (κ2) is 9.30. The molecule has 5 nitrogen and oxygen atoms in total. The van der Waals surface area contributed by atoms with Crippen molar-refractivity contribution < 1.29 is 4.79 Å². The number of aryl methyl sites for hydroxylation is 2. The highest BCUT2D eigenvalue weighted by molar-refractivity contribution is 7.80. The molecule has 0 fully saturated rings. The Morgan fingerprint density at radius 3 is 2.41 bits per heavy atom. The molecule has 2 aromatic carbocycles. The molecule has 0 bridgehead atoms. The molecule has 29 heavy (non-hydrogen) atoms. The first-order valence-electron chi connectivity index (χ1n) is 9.35. The lowest BCUT2D eigenvalue weighted by Gasteiger charge is -2.09. The first-order chi connectivity index (χ1) is 13.9. The highest BCUT2D eigenvalue weighted by Gasteiger charge is 2.10. The van der Waals surface area contributed by atoms with E-state index in [0.29, 0.717) is 0 Å². The van der Waals surface area contributed by atoms with Crippen molar-refractivity contribution in [3.05, 3.63) is 88.8 Å². The standard InChI is InChI=1S/C23H24N4OS/c1-16-21(17(2)27(3)26-16)15-19-9-12-20(13-10-19)24-23(29)25-22(28)14-11-18-7-5-4-6-8-18/h4-14H,15H2,1-3H3,(H2,24,25,28,29)/b14-11+. The van der Waals surface area contributed by atoms with Crippen molar-refractivity contribution in [3.8, 4) is 0 Å². The molecule has 1 aromatic heterocycles. The largest absolute Gasteiger partial charge is 0.332 e. The second-order valence-electron chi connectivity index (χ2n) is 6.83. The van der Waals surface area contributed by atoms with Crippen molar-refractivity contribution >= 4 is 35.0 Å². The summed E-state index contributed by atoms with van der Waals surface area (Å²) in [5, 5.41) is 10.4.